The molecule has 0 saturated heterocycles. The van der Waals surface area contributed by atoms with E-state index >= 15 is 0 Å². The maximum Gasteiger partial charge on any atom is 0.336 e. The van der Waals surface area contributed by atoms with Crippen LogP contribution < -0.4 is 0 Å². The van der Waals surface area contributed by atoms with Crippen LogP contribution in [0.2, 0.25) is 0 Å². The van der Waals surface area contributed by atoms with E-state index in [1.807, 2.05) is 0 Å². The molecule has 36 heavy (non-hydrogen) atoms. The zero-order chi connectivity index (χ0) is 27.2. The minimum atomic E-state index is -1.57. The van der Waals surface area contributed by atoms with E-state index in [2.05, 4.69) is 0 Å². The molecule has 12 nitrogen and oxygen atoms in total. The first-order valence-corrected chi connectivity index (χ1v) is 10.6. The van der Waals surface area contributed by atoms with Gasteiger partial charge in [-0.3, -0.25) is 0 Å². The summed E-state index contributed by atoms with van der Waals surface area (Å²) in [6.45, 7) is 0. The lowest BCUT2D eigenvalue weighted by atomic mass is 9.92. The van der Waals surface area contributed by atoms with E-state index in [9.17, 15) is 59.4 Å². The molecule has 6 N–H and O–H groups in total. The highest BCUT2D eigenvalue weighted by molar-refractivity contribution is 6.06. The molecule has 12 heteroatoms. The van der Waals surface area contributed by atoms with Gasteiger partial charge in [0.25, 0.3) is 0 Å². The third kappa shape index (κ3) is 6.44. The molecule has 0 radical (unpaired) electrons. The van der Waals surface area contributed by atoms with Gasteiger partial charge in [-0.25, -0.2) is 28.8 Å². The molecular weight excluding hydrogens is 480 g/mol. The Hall–Kier alpha value is -4.74. The summed E-state index contributed by atoms with van der Waals surface area (Å²) < 4.78 is 0. The van der Waals surface area contributed by atoms with Crippen molar-refractivity contribution < 1.29 is 59.4 Å². The molecule has 0 amide bonds. The van der Waals surface area contributed by atoms with Gasteiger partial charge in [0.1, 0.15) is 0 Å². The first-order valence-electron chi connectivity index (χ1n) is 10.6. The number of aryl methyl sites for hydroxylation is 2. The van der Waals surface area contributed by atoms with E-state index < -0.39 is 58.1 Å². The number of unbranched alkanes of at least 4 members (excludes halogenated alkanes) is 3. The molecule has 0 spiro atoms. The predicted molar refractivity (Wildman–Crippen MR) is 121 cm³/mol. The Morgan fingerprint density at radius 2 is 0.778 bits per heavy atom. The number of rotatable bonds is 13. The molecule has 0 unspecified atom stereocenters. The van der Waals surface area contributed by atoms with Crippen molar-refractivity contribution in [2.45, 2.75) is 38.5 Å². The zero-order valence-corrected chi connectivity index (χ0v) is 18.7. The molecule has 0 saturated carbocycles. The predicted octanol–water partition coefficient (Wildman–Crippen LogP) is 3.22. The summed E-state index contributed by atoms with van der Waals surface area (Å²) in [5, 5.41) is 55.9. The third-order valence-electron chi connectivity index (χ3n) is 5.46. The van der Waals surface area contributed by atoms with Crippen LogP contribution in [0.1, 0.15) is 99.0 Å². The monoisotopic (exact) mass is 502 g/mol. The number of carbonyl (C=O) groups is 6. The van der Waals surface area contributed by atoms with Crippen molar-refractivity contribution in [3.05, 3.63) is 68.8 Å². The molecule has 0 atom stereocenters. The quantitative estimate of drug-likeness (QED) is 0.217. The van der Waals surface area contributed by atoms with Gasteiger partial charge in [-0.05, 0) is 61.1 Å². The molecule has 0 aromatic heterocycles. The van der Waals surface area contributed by atoms with Crippen molar-refractivity contribution in [3.8, 4) is 0 Å². The average Bonchev–Trinajstić information content (AvgIpc) is 2.79. The molecule has 2 aromatic carbocycles. The van der Waals surface area contributed by atoms with Crippen molar-refractivity contribution in [2.24, 2.45) is 0 Å². The van der Waals surface area contributed by atoms with E-state index in [0.717, 1.165) is 24.3 Å². The Kier molecular flexibility index (Phi) is 8.86. The molecule has 2 aromatic rings. The molecule has 0 heterocycles. The minimum Gasteiger partial charge on any atom is -0.478 e. The number of aromatic carboxylic acids is 6. The second kappa shape index (κ2) is 11.6. The summed E-state index contributed by atoms with van der Waals surface area (Å²) in [4.78, 5) is 68.7. The topological polar surface area (TPSA) is 224 Å². The third-order valence-corrected chi connectivity index (χ3v) is 5.46. The van der Waals surface area contributed by atoms with Crippen molar-refractivity contribution in [1.82, 2.24) is 0 Å². The molecule has 0 aliphatic rings. The Morgan fingerprint density at radius 1 is 0.444 bits per heavy atom. The Bertz CT molecular complexity index is 1160. The average molecular weight is 502 g/mol. The molecule has 0 bridgehead atoms. The van der Waals surface area contributed by atoms with Gasteiger partial charge < -0.3 is 30.6 Å². The van der Waals surface area contributed by atoms with Crippen molar-refractivity contribution in [3.63, 3.8) is 0 Å². The Balaban J connectivity index is 2.14. The first kappa shape index (κ1) is 27.5. The van der Waals surface area contributed by atoms with E-state index in [0.29, 0.717) is 25.7 Å². The highest BCUT2D eigenvalue weighted by Crippen LogP contribution is 2.23. The number of hydrogen-bond acceptors (Lipinski definition) is 6. The van der Waals surface area contributed by atoms with Gasteiger partial charge in [0, 0.05) is 0 Å². The van der Waals surface area contributed by atoms with Gasteiger partial charge in [0.15, 0.2) is 0 Å². The van der Waals surface area contributed by atoms with Crippen molar-refractivity contribution >= 4 is 35.8 Å². The van der Waals surface area contributed by atoms with Crippen LogP contribution in [-0.4, -0.2) is 66.5 Å². The summed E-state index contributed by atoms with van der Waals surface area (Å²) in [6, 6.07) is 3.80. The molecule has 0 aliphatic carbocycles. The van der Waals surface area contributed by atoms with Crippen LogP contribution in [0.4, 0.5) is 0 Å². The standard InChI is InChI=1S/C24H22O12/c25-19(26)13-7-11(17(23(33)34)15(9-13)21(29)30)5-3-1-2-4-6-12-8-14(20(27)28)10-16(22(31)32)18(12)24(35)36/h7-10H,1-6H2,(H,25,26)(H,27,28)(H,29,30)(H,31,32)(H,33,34)(H,35,36). The smallest absolute Gasteiger partial charge is 0.336 e. The lowest BCUT2D eigenvalue weighted by molar-refractivity contribution is 0.0647. The fourth-order valence-electron chi connectivity index (χ4n) is 3.87. The molecule has 0 fully saturated rings. The second-order valence-corrected chi connectivity index (χ2v) is 7.86. The van der Waals surface area contributed by atoms with Crippen LogP contribution >= 0.6 is 0 Å². The SMILES string of the molecule is O=C(O)c1cc(CCCCCCc2cc(C(=O)O)cc(C(=O)O)c2C(=O)O)c(C(=O)O)c(C(=O)O)c1. The van der Waals surface area contributed by atoms with Crippen LogP contribution in [0.15, 0.2) is 24.3 Å². The normalized spacial score (nSPS) is 10.6. The second-order valence-electron chi connectivity index (χ2n) is 7.86. The summed E-state index contributed by atoms with van der Waals surface area (Å²) in [5.74, 6) is -8.98. The Labute approximate surface area is 203 Å². The van der Waals surface area contributed by atoms with E-state index in [1.54, 1.807) is 0 Å². The van der Waals surface area contributed by atoms with Crippen LogP contribution in [0, 0.1) is 0 Å². The van der Waals surface area contributed by atoms with E-state index in [4.69, 9.17) is 0 Å². The summed E-state index contributed by atoms with van der Waals surface area (Å²) >= 11 is 0. The molecule has 190 valence electrons. The highest BCUT2D eigenvalue weighted by Gasteiger charge is 2.24. The van der Waals surface area contributed by atoms with Crippen molar-refractivity contribution in [2.75, 3.05) is 0 Å². The largest absolute Gasteiger partial charge is 0.478 e. The fraction of sp³-hybridized carbons (Fsp3) is 0.250. The molecular formula is C24H22O12. The molecule has 2 rings (SSSR count). The van der Waals surface area contributed by atoms with Gasteiger partial charge in [-0.2, -0.15) is 0 Å². The van der Waals surface area contributed by atoms with E-state index in [1.165, 1.54) is 0 Å². The van der Waals surface area contributed by atoms with Gasteiger partial charge in [-0.1, -0.05) is 12.8 Å². The summed E-state index contributed by atoms with van der Waals surface area (Å²) in [7, 11) is 0. The molecule has 0 aliphatic heterocycles. The van der Waals surface area contributed by atoms with Gasteiger partial charge in [0.2, 0.25) is 0 Å². The van der Waals surface area contributed by atoms with Crippen molar-refractivity contribution in [1.29, 1.82) is 0 Å². The summed E-state index contributed by atoms with van der Waals surface area (Å²) in [5.41, 5.74) is -2.88. The summed E-state index contributed by atoms with van der Waals surface area (Å²) in [6.07, 6.45) is 1.77. The van der Waals surface area contributed by atoms with Crippen LogP contribution in [0.3, 0.4) is 0 Å². The number of hydrogen-bond donors (Lipinski definition) is 6. The maximum atomic E-state index is 11.6. The minimum absolute atomic E-state index is 0.0493. The van der Waals surface area contributed by atoms with Crippen LogP contribution in [0.5, 0.6) is 0 Å². The fourth-order valence-corrected chi connectivity index (χ4v) is 3.87. The van der Waals surface area contributed by atoms with Crippen LogP contribution in [0.25, 0.3) is 0 Å². The first-order chi connectivity index (χ1) is 16.8. The highest BCUT2D eigenvalue weighted by atomic mass is 16.4. The number of carboxylic acid groups (broad SMARTS) is 6. The maximum absolute atomic E-state index is 11.6. The lowest BCUT2D eigenvalue weighted by Gasteiger charge is -2.12. The zero-order valence-electron chi connectivity index (χ0n) is 18.7. The number of carboxylic acids is 6. The van der Waals surface area contributed by atoms with Gasteiger partial charge in [0.05, 0.1) is 33.4 Å². The lowest BCUT2D eigenvalue weighted by Crippen LogP contribution is -2.14. The Morgan fingerprint density at radius 3 is 1.03 bits per heavy atom. The van der Waals surface area contributed by atoms with Gasteiger partial charge >= 0.3 is 35.8 Å². The van der Waals surface area contributed by atoms with Gasteiger partial charge in [-0.15, -0.1) is 0 Å². The number of benzene rings is 2. The van der Waals surface area contributed by atoms with Crippen LogP contribution in [-0.2, 0) is 12.8 Å². The van der Waals surface area contributed by atoms with E-state index in [-0.39, 0.29) is 35.1 Å².